The SMILES string of the molecule is COC(=O)[C@](C)(Cc1ccc(Oc2cc(N3CCN(c4ccccc4)CC3)nc(N)n2)cc1)c1ccccc1. The summed E-state index contributed by atoms with van der Waals surface area (Å²) in [6.45, 7) is 5.32. The molecule has 1 aliphatic rings. The first-order chi connectivity index (χ1) is 18.9. The van der Waals surface area contributed by atoms with Crippen molar-refractivity contribution >= 4 is 23.4 Å². The van der Waals surface area contributed by atoms with Crippen molar-refractivity contribution in [3.05, 3.63) is 102 Å². The first-order valence-electron chi connectivity index (χ1n) is 13.0. The van der Waals surface area contributed by atoms with Crippen LogP contribution in [0.25, 0.3) is 0 Å². The van der Waals surface area contributed by atoms with Crippen molar-refractivity contribution in [3.63, 3.8) is 0 Å². The number of rotatable bonds is 8. The zero-order valence-electron chi connectivity index (χ0n) is 22.3. The summed E-state index contributed by atoms with van der Waals surface area (Å²) >= 11 is 0. The minimum Gasteiger partial charge on any atom is -0.468 e. The highest BCUT2D eigenvalue weighted by Gasteiger charge is 2.36. The average Bonchev–Trinajstić information content (AvgIpc) is 2.98. The fourth-order valence-corrected chi connectivity index (χ4v) is 5.00. The Hall–Kier alpha value is -4.59. The highest BCUT2D eigenvalue weighted by Crippen LogP contribution is 2.31. The van der Waals surface area contributed by atoms with Crippen LogP contribution < -0.4 is 20.3 Å². The van der Waals surface area contributed by atoms with Gasteiger partial charge in [0.25, 0.3) is 0 Å². The Morgan fingerprint density at radius 3 is 2.13 bits per heavy atom. The Morgan fingerprint density at radius 2 is 1.49 bits per heavy atom. The van der Waals surface area contributed by atoms with Gasteiger partial charge in [0.2, 0.25) is 11.8 Å². The molecule has 8 heteroatoms. The zero-order chi connectivity index (χ0) is 27.2. The van der Waals surface area contributed by atoms with E-state index >= 15 is 0 Å². The molecule has 0 aliphatic carbocycles. The Kier molecular flexibility index (Phi) is 7.63. The molecule has 5 rings (SSSR count). The van der Waals surface area contributed by atoms with Crippen molar-refractivity contribution in [3.8, 4) is 11.6 Å². The van der Waals surface area contributed by atoms with Gasteiger partial charge in [0.05, 0.1) is 12.5 Å². The first kappa shape index (κ1) is 26.0. The number of aromatic nitrogens is 2. The average molecular weight is 524 g/mol. The van der Waals surface area contributed by atoms with Gasteiger partial charge in [0.1, 0.15) is 11.6 Å². The zero-order valence-corrected chi connectivity index (χ0v) is 22.3. The van der Waals surface area contributed by atoms with Crippen LogP contribution in [0.15, 0.2) is 91.0 Å². The molecule has 0 saturated carbocycles. The molecule has 0 radical (unpaired) electrons. The number of piperazine rings is 1. The van der Waals surface area contributed by atoms with Crippen molar-refractivity contribution in [2.45, 2.75) is 18.8 Å². The summed E-state index contributed by atoms with van der Waals surface area (Å²) in [4.78, 5) is 26.1. The van der Waals surface area contributed by atoms with Crippen LogP contribution in [0.4, 0.5) is 17.5 Å². The molecule has 1 fully saturated rings. The normalized spacial score (nSPS) is 14.9. The molecule has 1 aromatic heterocycles. The van der Waals surface area contributed by atoms with E-state index in [2.05, 4.69) is 44.0 Å². The molecule has 0 unspecified atom stereocenters. The molecular formula is C31H33N5O3. The van der Waals surface area contributed by atoms with Gasteiger partial charge in [0.15, 0.2) is 0 Å². The molecular weight excluding hydrogens is 490 g/mol. The number of nitrogens with zero attached hydrogens (tertiary/aromatic N) is 4. The maximum Gasteiger partial charge on any atom is 0.316 e. The van der Waals surface area contributed by atoms with Crippen LogP contribution in [0.2, 0.25) is 0 Å². The second-order valence-corrected chi connectivity index (χ2v) is 9.84. The Morgan fingerprint density at radius 1 is 0.872 bits per heavy atom. The monoisotopic (exact) mass is 523 g/mol. The van der Waals surface area contributed by atoms with Gasteiger partial charge in [-0.1, -0.05) is 60.7 Å². The third-order valence-corrected chi connectivity index (χ3v) is 7.18. The van der Waals surface area contributed by atoms with E-state index in [0.717, 1.165) is 43.1 Å². The van der Waals surface area contributed by atoms with Crippen molar-refractivity contribution < 1.29 is 14.3 Å². The summed E-state index contributed by atoms with van der Waals surface area (Å²) in [5.41, 5.74) is 8.36. The van der Waals surface area contributed by atoms with Crippen molar-refractivity contribution in [2.75, 3.05) is 48.8 Å². The molecule has 2 heterocycles. The summed E-state index contributed by atoms with van der Waals surface area (Å²) in [7, 11) is 1.42. The molecule has 8 nitrogen and oxygen atoms in total. The third-order valence-electron chi connectivity index (χ3n) is 7.18. The number of para-hydroxylation sites is 1. The number of hydrogen-bond donors (Lipinski definition) is 1. The van der Waals surface area contributed by atoms with Gasteiger partial charge in [-0.25, -0.2) is 0 Å². The Bertz CT molecular complexity index is 1390. The maximum atomic E-state index is 12.8. The van der Waals surface area contributed by atoms with Gasteiger partial charge < -0.3 is 25.0 Å². The van der Waals surface area contributed by atoms with E-state index in [0.29, 0.717) is 18.1 Å². The molecule has 0 amide bonds. The predicted octanol–water partition coefficient (Wildman–Crippen LogP) is 4.85. The number of anilines is 3. The third kappa shape index (κ3) is 5.95. The highest BCUT2D eigenvalue weighted by atomic mass is 16.5. The van der Waals surface area contributed by atoms with E-state index in [9.17, 15) is 4.79 Å². The van der Waals surface area contributed by atoms with Crippen LogP contribution in [0.5, 0.6) is 11.6 Å². The number of benzene rings is 3. The number of hydrogen-bond acceptors (Lipinski definition) is 8. The van der Waals surface area contributed by atoms with Gasteiger partial charge in [-0.05, 0) is 48.7 Å². The standard InChI is InChI=1S/C31H33N5O3/c1-31(29(37)38-2,24-9-5-3-6-10-24)22-23-13-15-26(16-14-23)39-28-21-27(33-30(32)34-28)36-19-17-35(18-20-36)25-11-7-4-8-12-25/h3-16,21H,17-20,22H2,1-2H3,(H2,32,33,34)/t31-/m1/s1. The number of nitrogen functional groups attached to an aromatic ring is 1. The van der Waals surface area contributed by atoms with Crippen LogP contribution in [0, 0.1) is 0 Å². The van der Waals surface area contributed by atoms with Crippen molar-refractivity contribution in [1.29, 1.82) is 0 Å². The van der Waals surface area contributed by atoms with Gasteiger partial charge in [0, 0.05) is 37.9 Å². The number of carbonyl (C=O) groups excluding carboxylic acids is 1. The maximum absolute atomic E-state index is 12.8. The topological polar surface area (TPSA) is 93.8 Å². The summed E-state index contributed by atoms with van der Waals surface area (Å²) in [5.74, 6) is 1.65. The lowest BCUT2D eigenvalue weighted by atomic mass is 9.77. The molecule has 200 valence electrons. The second-order valence-electron chi connectivity index (χ2n) is 9.84. The first-order valence-corrected chi connectivity index (χ1v) is 13.0. The Balaban J connectivity index is 1.26. The van der Waals surface area contributed by atoms with Gasteiger partial charge in [-0.15, -0.1) is 0 Å². The van der Waals surface area contributed by atoms with Crippen LogP contribution in [0.1, 0.15) is 18.1 Å². The number of ether oxygens (including phenoxy) is 2. The number of nitrogens with two attached hydrogens (primary N) is 1. The largest absolute Gasteiger partial charge is 0.468 e. The van der Waals surface area contributed by atoms with Crippen LogP contribution in [0.3, 0.4) is 0 Å². The minimum atomic E-state index is -0.807. The number of carbonyl (C=O) groups is 1. The number of methoxy groups -OCH3 is 1. The summed E-state index contributed by atoms with van der Waals surface area (Å²) in [5, 5.41) is 0. The molecule has 2 N–H and O–H groups in total. The molecule has 0 spiro atoms. The fraction of sp³-hybridized carbons (Fsp3) is 0.258. The molecule has 4 aromatic rings. The van der Waals surface area contributed by atoms with Crippen molar-refractivity contribution in [1.82, 2.24) is 9.97 Å². The lowest BCUT2D eigenvalue weighted by Crippen LogP contribution is -2.46. The molecule has 1 saturated heterocycles. The van der Waals surface area contributed by atoms with Gasteiger partial charge in [-0.3, -0.25) is 4.79 Å². The van der Waals surface area contributed by atoms with Crippen molar-refractivity contribution in [2.24, 2.45) is 0 Å². The van der Waals surface area contributed by atoms with Gasteiger partial charge in [-0.2, -0.15) is 9.97 Å². The second kappa shape index (κ2) is 11.4. The van der Waals surface area contributed by atoms with E-state index in [-0.39, 0.29) is 11.9 Å². The van der Waals surface area contributed by atoms with E-state index in [1.165, 1.54) is 12.8 Å². The van der Waals surface area contributed by atoms with E-state index < -0.39 is 5.41 Å². The summed E-state index contributed by atoms with van der Waals surface area (Å²) in [6, 6.07) is 29.6. The van der Waals surface area contributed by atoms with E-state index in [1.807, 2.05) is 73.7 Å². The molecule has 3 aromatic carbocycles. The summed E-state index contributed by atoms with van der Waals surface area (Å²) < 4.78 is 11.2. The predicted molar refractivity (Wildman–Crippen MR) is 153 cm³/mol. The highest BCUT2D eigenvalue weighted by molar-refractivity contribution is 5.83. The number of esters is 1. The molecule has 1 aliphatic heterocycles. The lowest BCUT2D eigenvalue weighted by molar-refractivity contribution is -0.146. The fourth-order valence-electron chi connectivity index (χ4n) is 5.00. The van der Waals surface area contributed by atoms with Gasteiger partial charge >= 0.3 is 5.97 Å². The van der Waals surface area contributed by atoms with Crippen LogP contribution in [-0.2, 0) is 21.4 Å². The summed E-state index contributed by atoms with van der Waals surface area (Å²) in [6.07, 6.45) is 0.490. The van der Waals surface area contributed by atoms with E-state index in [4.69, 9.17) is 15.2 Å². The van der Waals surface area contributed by atoms with E-state index in [1.54, 1.807) is 0 Å². The minimum absolute atomic E-state index is 0.168. The lowest BCUT2D eigenvalue weighted by Gasteiger charge is -2.36. The molecule has 39 heavy (non-hydrogen) atoms. The Labute approximate surface area is 229 Å². The molecule has 0 bridgehead atoms. The van der Waals surface area contributed by atoms with Crippen LogP contribution in [-0.4, -0.2) is 49.2 Å². The quantitative estimate of drug-likeness (QED) is 0.328. The smallest absolute Gasteiger partial charge is 0.316 e. The van der Waals surface area contributed by atoms with Crippen LogP contribution >= 0.6 is 0 Å². The molecule has 1 atom stereocenters.